The van der Waals surface area contributed by atoms with Gasteiger partial charge in [0.25, 0.3) is 0 Å². The van der Waals surface area contributed by atoms with Crippen molar-refractivity contribution in [3.63, 3.8) is 0 Å². The molecule has 2 heterocycles. The SMILES string of the molecule is CCCc1nc2c(n1C1(CC)CCC1)CCNC2. The van der Waals surface area contributed by atoms with E-state index in [1.807, 2.05) is 0 Å². The van der Waals surface area contributed by atoms with Gasteiger partial charge in [-0.15, -0.1) is 0 Å². The molecule has 100 valence electrons. The highest BCUT2D eigenvalue weighted by atomic mass is 15.2. The largest absolute Gasteiger partial charge is 0.326 e. The smallest absolute Gasteiger partial charge is 0.109 e. The molecule has 3 heteroatoms. The Morgan fingerprint density at radius 3 is 2.78 bits per heavy atom. The van der Waals surface area contributed by atoms with Crippen LogP contribution in [0.2, 0.25) is 0 Å². The standard InChI is InChI=1S/C15H25N3/c1-3-6-14-17-12-11-16-10-7-13(12)18(14)15(4-2)8-5-9-15/h16H,3-11H2,1-2H3. The van der Waals surface area contributed by atoms with Crippen molar-refractivity contribution in [1.82, 2.24) is 14.9 Å². The monoisotopic (exact) mass is 247 g/mol. The minimum absolute atomic E-state index is 0.419. The number of nitrogens with zero attached hydrogens (tertiary/aromatic N) is 2. The molecular weight excluding hydrogens is 222 g/mol. The van der Waals surface area contributed by atoms with Gasteiger partial charge in [-0.2, -0.15) is 0 Å². The Labute approximate surface area is 110 Å². The zero-order valence-corrected chi connectivity index (χ0v) is 11.8. The number of hydrogen-bond donors (Lipinski definition) is 1. The molecule has 1 fully saturated rings. The molecule has 2 aliphatic rings. The number of imidazole rings is 1. The summed E-state index contributed by atoms with van der Waals surface area (Å²) in [5, 5.41) is 3.45. The van der Waals surface area contributed by atoms with E-state index in [2.05, 4.69) is 23.7 Å². The first-order chi connectivity index (χ1) is 8.80. The molecule has 1 aliphatic heterocycles. The molecule has 0 unspecified atom stereocenters. The van der Waals surface area contributed by atoms with Crippen molar-refractivity contribution in [2.45, 2.75) is 70.9 Å². The minimum atomic E-state index is 0.419. The summed E-state index contributed by atoms with van der Waals surface area (Å²) in [7, 11) is 0. The fraction of sp³-hybridized carbons (Fsp3) is 0.800. The quantitative estimate of drug-likeness (QED) is 0.886. The normalized spacial score (nSPS) is 21.4. The molecule has 0 aromatic carbocycles. The summed E-state index contributed by atoms with van der Waals surface area (Å²) in [6.45, 7) is 6.70. The van der Waals surface area contributed by atoms with Crippen LogP contribution in [0.4, 0.5) is 0 Å². The summed E-state index contributed by atoms with van der Waals surface area (Å²) in [6, 6.07) is 0. The van der Waals surface area contributed by atoms with Crippen LogP contribution in [0.1, 0.15) is 63.2 Å². The first-order valence-electron chi connectivity index (χ1n) is 7.61. The summed E-state index contributed by atoms with van der Waals surface area (Å²) in [5.74, 6) is 1.35. The molecular formula is C15H25N3. The summed E-state index contributed by atoms with van der Waals surface area (Å²) in [6.07, 6.45) is 8.86. The van der Waals surface area contributed by atoms with Crippen molar-refractivity contribution in [2.75, 3.05) is 6.54 Å². The highest BCUT2D eigenvalue weighted by molar-refractivity contribution is 5.24. The highest BCUT2D eigenvalue weighted by Gasteiger charge is 2.40. The zero-order valence-electron chi connectivity index (χ0n) is 11.8. The molecule has 1 aromatic rings. The zero-order chi connectivity index (χ0) is 12.6. The van der Waals surface area contributed by atoms with E-state index in [4.69, 9.17) is 4.98 Å². The maximum atomic E-state index is 4.94. The third-order valence-corrected chi connectivity index (χ3v) is 4.85. The summed E-state index contributed by atoms with van der Waals surface area (Å²) in [5.41, 5.74) is 3.28. The van der Waals surface area contributed by atoms with Crippen molar-refractivity contribution >= 4 is 0 Å². The number of rotatable bonds is 4. The fourth-order valence-electron chi connectivity index (χ4n) is 3.64. The molecule has 0 amide bonds. The van der Waals surface area contributed by atoms with Gasteiger partial charge in [0.1, 0.15) is 5.82 Å². The molecule has 0 atom stereocenters. The third-order valence-electron chi connectivity index (χ3n) is 4.85. The second-order valence-electron chi connectivity index (χ2n) is 5.87. The lowest BCUT2D eigenvalue weighted by molar-refractivity contribution is 0.127. The van der Waals surface area contributed by atoms with Crippen LogP contribution >= 0.6 is 0 Å². The molecule has 1 N–H and O–H groups in total. The number of nitrogens with one attached hydrogen (secondary N) is 1. The molecule has 18 heavy (non-hydrogen) atoms. The lowest BCUT2D eigenvalue weighted by atomic mass is 9.74. The van der Waals surface area contributed by atoms with Crippen LogP contribution in [0.15, 0.2) is 0 Å². The van der Waals surface area contributed by atoms with E-state index in [0.717, 1.165) is 25.9 Å². The van der Waals surface area contributed by atoms with Gasteiger partial charge in [0, 0.05) is 37.2 Å². The Morgan fingerprint density at radius 1 is 1.33 bits per heavy atom. The van der Waals surface area contributed by atoms with E-state index in [-0.39, 0.29) is 0 Å². The van der Waals surface area contributed by atoms with Crippen LogP contribution in [-0.2, 0) is 24.9 Å². The number of hydrogen-bond acceptors (Lipinski definition) is 2. The van der Waals surface area contributed by atoms with E-state index in [1.165, 1.54) is 43.6 Å². The van der Waals surface area contributed by atoms with Crippen molar-refractivity contribution in [3.8, 4) is 0 Å². The Bertz CT molecular complexity index is 424. The molecule has 3 nitrogen and oxygen atoms in total. The highest BCUT2D eigenvalue weighted by Crippen LogP contribution is 2.44. The molecule has 0 saturated heterocycles. The van der Waals surface area contributed by atoms with Gasteiger partial charge in [-0.25, -0.2) is 4.98 Å². The molecule has 1 saturated carbocycles. The Morgan fingerprint density at radius 2 is 2.17 bits per heavy atom. The van der Waals surface area contributed by atoms with Crippen molar-refractivity contribution in [1.29, 1.82) is 0 Å². The van der Waals surface area contributed by atoms with Crippen LogP contribution in [0.3, 0.4) is 0 Å². The maximum absolute atomic E-state index is 4.94. The van der Waals surface area contributed by atoms with E-state index < -0.39 is 0 Å². The van der Waals surface area contributed by atoms with Crippen LogP contribution in [0.5, 0.6) is 0 Å². The number of aryl methyl sites for hydroxylation is 1. The fourth-order valence-corrected chi connectivity index (χ4v) is 3.64. The summed E-state index contributed by atoms with van der Waals surface area (Å²) < 4.78 is 2.66. The van der Waals surface area contributed by atoms with Gasteiger partial charge in [-0.3, -0.25) is 0 Å². The van der Waals surface area contributed by atoms with Gasteiger partial charge >= 0.3 is 0 Å². The molecule has 0 bridgehead atoms. The lowest BCUT2D eigenvalue weighted by Gasteiger charge is -2.45. The van der Waals surface area contributed by atoms with Gasteiger partial charge < -0.3 is 9.88 Å². The summed E-state index contributed by atoms with van der Waals surface area (Å²) in [4.78, 5) is 4.94. The maximum Gasteiger partial charge on any atom is 0.109 e. The van der Waals surface area contributed by atoms with Crippen molar-refractivity contribution in [2.24, 2.45) is 0 Å². The van der Waals surface area contributed by atoms with Crippen LogP contribution in [0, 0.1) is 0 Å². The van der Waals surface area contributed by atoms with Crippen molar-refractivity contribution < 1.29 is 0 Å². The van der Waals surface area contributed by atoms with Crippen LogP contribution < -0.4 is 5.32 Å². The Kier molecular flexibility index (Phi) is 3.18. The Balaban J connectivity index is 2.06. The van der Waals surface area contributed by atoms with E-state index in [0.29, 0.717) is 5.54 Å². The minimum Gasteiger partial charge on any atom is -0.326 e. The second kappa shape index (κ2) is 4.69. The van der Waals surface area contributed by atoms with Gasteiger partial charge in [0.2, 0.25) is 0 Å². The Hall–Kier alpha value is -0.830. The van der Waals surface area contributed by atoms with E-state index >= 15 is 0 Å². The third kappa shape index (κ3) is 1.71. The second-order valence-corrected chi connectivity index (χ2v) is 5.87. The number of fused-ring (bicyclic) bond motifs is 1. The van der Waals surface area contributed by atoms with Gasteiger partial charge in [-0.05, 0) is 32.1 Å². The predicted molar refractivity (Wildman–Crippen MR) is 73.7 cm³/mol. The van der Waals surface area contributed by atoms with E-state index in [9.17, 15) is 0 Å². The topological polar surface area (TPSA) is 29.9 Å². The average molecular weight is 247 g/mol. The molecule has 0 spiro atoms. The average Bonchev–Trinajstić information content (AvgIpc) is 2.69. The number of aromatic nitrogens is 2. The first kappa shape index (κ1) is 12.2. The molecule has 1 aromatic heterocycles. The first-order valence-corrected chi connectivity index (χ1v) is 7.61. The van der Waals surface area contributed by atoms with Crippen molar-refractivity contribution in [3.05, 3.63) is 17.2 Å². The van der Waals surface area contributed by atoms with Gasteiger partial charge in [0.05, 0.1) is 5.69 Å². The molecule has 1 aliphatic carbocycles. The lowest BCUT2D eigenvalue weighted by Crippen LogP contribution is -2.43. The van der Waals surface area contributed by atoms with Crippen LogP contribution in [-0.4, -0.2) is 16.1 Å². The van der Waals surface area contributed by atoms with Gasteiger partial charge in [0.15, 0.2) is 0 Å². The predicted octanol–water partition coefficient (Wildman–Crippen LogP) is 2.77. The van der Waals surface area contributed by atoms with Gasteiger partial charge in [-0.1, -0.05) is 13.8 Å². The van der Waals surface area contributed by atoms with Crippen LogP contribution in [0.25, 0.3) is 0 Å². The summed E-state index contributed by atoms with van der Waals surface area (Å²) >= 11 is 0. The molecule has 3 rings (SSSR count). The van der Waals surface area contributed by atoms with E-state index in [1.54, 1.807) is 5.69 Å². The molecule has 0 radical (unpaired) electrons.